The topological polar surface area (TPSA) is 58.9 Å². The maximum absolute atomic E-state index is 13.6. The van der Waals surface area contributed by atoms with Gasteiger partial charge < -0.3 is 10.6 Å². The van der Waals surface area contributed by atoms with Crippen LogP contribution in [0.25, 0.3) is 5.69 Å². The summed E-state index contributed by atoms with van der Waals surface area (Å²) in [5, 5.41) is 10.1. The van der Waals surface area contributed by atoms with Crippen LogP contribution in [-0.4, -0.2) is 35.3 Å². The van der Waals surface area contributed by atoms with Crippen LogP contribution in [0.3, 0.4) is 0 Å². The zero-order valence-electron chi connectivity index (χ0n) is 12.0. The molecule has 0 aliphatic heterocycles. The van der Waals surface area contributed by atoms with E-state index in [1.54, 1.807) is 30.5 Å². The van der Waals surface area contributed by atoms with Gasteiger partial charge in [-0.3, -0.25) is 4.79 Å². The van der Waals surface area contributed by atoms with Gasteiger partial charge in [-0.1, -0.05) is 19.1 Å². The Morgan fingerprint density at radius 2 is 2.05 bits per heavy atom. The average Bonchev–Trinajstić information content (AvgIpc) is 2.97. The third kappa shape index (κ3) is 4.13. The number of carbonyl (C=O) groups excluding carboxylic acids is 1. The molecule has 0 aliphatic rings. The highest BCUT2D eigenvalue weighted by molar-refractivity contribution is 5.92. The highest BCUT2D eigenvalue weighted by Crippen LogP contribution is 2.11. The van der Waals surface area contributed by atoms with Crippen LogP contribution in [0.4, 0.5) is 4.39 Å². The normalized spacial score (nSPS) is 10.6. The van der Waals surface area contributed by atoms with E-state index in [4.69, 9.17) is 0 Å². The number of rotatable bonds is 7. The Hall–Kier alpha value is -2.21. The Kier molecular flexibility index (Phi) is 5.45. The first kappa shape index (κ1) is 15.2. The standard InChI is InChI=1S/C15H19FN4O/c1-2-8-17-9-10-18-15(21)13-7-11-20(19-13)14-6-4-3-5-12(14)16/h3-7,11,17H,2,8-10H2,1H3,(H,18,21). The molecular formula is C15H19FN4O. The summed E-state index contributed by atoms with van der Waals surface area (Å²) in [6.45, 7) is 4.26. The third-order valence-corrected chi connectivity index (χ3v) is 2.94. The van der Waals surface area contributed by atoms with Gasteiger partial charge in [0.25, 0.3) is 5.91 Å². The van der Waals surface area contributed by atoms with E-state index in [9.17, 15) is 9.18 Å². The van der Waals surface area contributed by atoms with Crippen molar-refractivity contribution in [1.29, 1.82) is 0 Å². The largest absolute Gasteiger partial charge is 0.349 e. The molecule has 112 valence electrons. The van der Waals surface area contributed by atoms with E-state index < -0.39 is 0 Å². The second-order valence-electron chi connectivity index (χ2n) is 4.60. The number of amides is 1. The lowest BCUT2D eigenvalue weighted by molar-refractivity contribution is 0.0948. The van der Waals surface area contributed by atoms with Crippen molar-refractivity contribution in [2.24, 2.45) is 0 Å². The summed E-state index contributed by atoms with van der Waals surface area (Å²) < 4.78 is 15.0. The first-order chi connectivity index (χ1) is 10.2. The van der Waals surface area contributed by atoms with Crippen LogP contribution in [0.1, 0.15) is 23.8 Å². The summed E-state index contributed by atoms with van der Waals surface area (Å²) in [7, 11) is 0. The number of hydrogen-bond acceptors (Lipinski definition) is 3. The van der Waals surface area contributed by atoms with Gasteiger partial charge in [0.1, 0.15) is 11.5 Å². The molecule has 2 aromatic rings. The highest BCUT2D eigenvalue weighted by atomic mass is 19.1. The predicted molar refractivity (Wildman–Crippen MR) is 79.0 cm³/mol. The van der Waals surface area contributed by atoms with E-state index >= 15 is 0 Å². The molecule has 0 spiro atoms. The summed E-state index contributed by atoms with van der Waals surface area (Å²) in [6.07, 6.45) is 2.63. The summed E-state index contributed by atoms with van der Waals surface area (Å²) in [6, 6.07) is 7.87. The molecule has 21 heavy (non-hydrogen) atoms. The van der Waals surface area contributed by atoms with Crippen molar-refractivity contribution in [3.8, 4) is 5.69 Å². The maximum Gasteiger partial charge on any atom is 0.271 e. The number of halogens is 1. The molecule has 2 rings (SSSR count). The highest BCUT2D eigenvalue weighted by Gasteiger charge is 2.11. The van der Waals surface area contributed by atoms with Crippen LogP contribution in [0.5, 0.6) is 0 Å². The number of nitrogens with zero attached hydrogens (tertiary/aromatic N) is 2. The number of para-hydroxylation sites is 1. The van der Waals surface area contributed by atoms with Crippen LogP contribution in [-0.2, 0) is 0 Å². The molecule has 0 saturated carbocycles. The fourth-order valence-electron chi connectivity index (χ4n) is 1.87. The lowest BCUT2D eigenvalue weighted by Gasteiger charge is -2.04. The molecule has 0 bridgehead atoms. The van der Waals surface area contributed by atoms with Gasteiger partial charge in [0.2, 0.25) is 0 Å². The summed E-state index contributed by atoms with van der Waals surface area (Å²) >= 11 is 0. The van der Waals surface area contributed by atoms with Gasteiger partial charge in [0.15, 0.2) is 5.69 Å². The Morgan fingerprint density at radius 1 is 1.24 bits per heavy atom. The lowest BCUT2D eigenvalue weighted by Crippen LogP contribution is -2.32. The second kappa shape index (κ2) is 7.54. The van der Waals surface area contributed by atoms with Gasteiger partial charge in [-0.25, -0.2) is 9.07 Å². The van der Waals surface area contributed by atoms with Crippen molar-refractivity contribution in [1.82, 2.24) is 20.4 Å². The molecule has 0 unspecified atom stereocenters. The minimum atomic E-state index is -0.378. The van der Waals surface area contributed by atoms with Crippen LogP contribution in [0, 0.1) is 5.82 Å². The van der Waals surface area contributed by atoms with Crippen LogP contribution >= 0.6 is 0 Å². The molecule has 1 heterocycles. The molecule has 0 fully saturated rings. The molecule has 0 aliphatic carbocycles. The summed E-state index contributed by atoms with van der Waals surface area (Å²) in [5.74, 6) is -0.639. The van der Waals surface area contributed by atoms with Gasteiger partial charge in [-0.2, -0.15) is 5.10 Å². The monoisotopic (exact) mass is 290 g/mol. The molecule has 0 saturated heterocycles. The SMILES string of the molecule is CCCNCCNC(=O)c1ccn(-c2ccccc2F)n1. The smallest absolute Gasteiger partial charge is 0.271 e. The van der Waals surface area contributed by atoms with Crippen LogP contribution in [0.15, 0.2) is 36.5 Å². The Bertz CT molecular complexity index is 597. The van der Waals surface area contributed by atoms with Crippen LogP contribution < -0.4 is 10.6 Å². The first-order valence-corrected chi connectivity index (χ1v) is 7.02. The predicted octanol–water partition coefficient (Wildman–Crippen LogP) is 1.74. The fourth-order valence-corrected chi connectivity index (χ4v) is 1.87. The molecular weight excluding hydrogens is 271 g/mol. The molecule has 1 aromatic heterocycles. The van der Waals surface area contributed by atoms with Crippen molar-refractivity contribution in [2.75, 3.05) is 19.6 Å². The van der Waals surface area contributed by atoms with E-state index in [2.05, 4.69) is 22.7 Å². The molecule has 5 nitrogen and oxygen atoms in total. The van der Waals surface area contributed by atoms with E-state index in [1.807, 2.05) is 0 Å². The molecule has 1 aromatic carbocycles. The van der Waals surface area contributed by atoms with E-state index in [0.717, 1.165) is 13.0 Å². The fraction of sp³-hybridized carbons (Fsp3) is 0.333. The van der Waals surface area contributed by atoms with Crippen LogP contribution in [0.2, 0.25) is 0 Å². The molecule has 2 N–H and O–H groups in total. The van der Waals surface area contributed by atoms with Crippen molar-refractivity contribution in [3.05, 3.63) is 48.0 Å². The van der Waals surface area contributed by atoms with Crippen molar-refractivity contribution in [2.45, 2.75) is 13.3 Å². The zero-order chi connectivity index (χ0) is 15.1. The van der Waals surface area contributed by atoms with Gasteiger partial charge in [-0.05, 0) is 31.2 Å². The molecule has 0 atom stereocenters. The van der Waals surface area contributed by atoms with E-state index in [1.165, 1.54) is 10.7 Å². The molecule has 6 heteroatoms. The van der Waals surface area contributed by atoms with E-state index in [0.29, 0.717) is 18.8 Å². The number of hydrogen-bond donors (Lipinski definition) is 2. The van der Waals surface area contributed by atoms with Gasteiger partial charge in [0.05, 0.1) is 0 Å². The quantitative estimate of drug-likeness (QED) is 0.764. The average molecular weight is 290 g/mol. The van der Waals surface area contributed by atoms with Gasteiger partial charge in [-0.15, -0.1) is 0 Å². The summed E-state index contributed by atoms with van der Waals surface area (Å²) in [4.78, 5) is 11.9. The first-order valence-electron chi connectivity index (χ1n) is 7.02. The molecule has 1 amide bonds. The third-order valence-electron chi connectivity index (χ3n) is 2.94. The number of aromatic nitrogens is 2. The second-order valence-corrected chi connectivity index (χ2v) is 4.60. The minimum absolute atomic E-state index is 0.261. The number of nitrogens with one attached hydrogen (secondary N) is 2. The number of benzene rings is 1. The Labute approximate surface area is 123 Å². The molecule has 0 radical (unpaired) electrons. The maximum atomic E-state index is 13.6. The van der Waals surface area contributed by atoms with Gasteiger partial charge >= 0.3 is 0 Å². The lowest BCUT2D eigenvalue weighted by atomic mass is 10.3. The number of carbonyl (C=O) groups is 1. The van der Waals surface area contributed by atoms with Gasteiger partial charge in [0, 0.05) is 19.3 Å². The zero-order valence-corrected chi connectivity index (χ0v) is 12.0. The van der Waals surface area contributed by atoms with Crippen molar-refractivity contribution >= 4 is 5.91 Å². The van der Waals surface area contributed by atoms with Crippen molar-refractivity contribution < 1.29 is 9.18 Å². The Balaban J connectivity index is 1.94. The van der Waals surface area contributed by atoms with E-state index in [-0.39, 0.29) is 17.4 Å². The van der Waals surface area contributed by atoms with Crippen molar-refractivity contribution in [3.63, 3.8) is 0 Å². The summed E-state index contributed by atoms with van der Waals surface area (Å²) in [5.41, 5.74) is 0.593. The minimum Gasteiger partial charge on any atom is -0.349 e. The Morgan fingerprint density at radius 3 is 2.81 bits per heavy atom.